The summed E-state index contributed by atoms with van der Waals surface area (Å²) in [5.41, 5.74) is 11.8. The van der Waals surface area contributed by atoms with Crippen LogP contribution >= 0.6 is 0 Å². The van der Waals surface area contributed by atoms with Crippen LogP contribution < -0.4 is 38.1 Å². The summed E-state index contributed by atoms with van der Waals surface area (Å²) < 4.78 is 5.66. The molecular weight excluding hydrogens is 714 g/mol. The zero-order valence-corrected chi connectivity index (χ0v) is 32.5. The van der Waals surface area contributed by atoms with E-state index in [4.69, 9.17) is 16.2 Å². The molecule has 1 aliphatic heterocycles. The van der Waals surface area contributed by atoms with Crippen LogP contribution in [0.1, 0.15) is 104 Å². The van der Waals surface area contributed by atoms with Gasteiger partial charge in [-0.3, -0.25) is 33.6 Å². The number of carbonyl (C=O) groups excluding carboxylic acids is 8. The molecular formula is C38H59N7O10. The van der Waals surface area contributed by atoms with E-state index in [2.05, 4.69) is 26.6 Å². The van der Waals surface area contributed by atoms with Gasteiger partial charge in [0.25, 0.3) is 0 Å². The number of rotatable bonds is 17. The van der Waals surface area contributed by atoms with Gasteiger partial charge in [0.1, 0.15) is 42.1 Å². The topological polar surface area (TPSA) is 278 Å². The highest BCUT2D eigenvalue weighted by atomic mass is 16.5. The summed E-state index contributed by atoms with van der Waals surface area (Å²) in [6.07, 6.45) is 3.50. The smallest absolute Gasteiger partial charge is 0.328 e. The van der Waals surface area contributed by atoms with Crippen LogP contribution in [0.15, 0.2) is 24.3 Å². The fourth-order valence-electron chi connectivity index (χ4n) is 6.05. The largest absolute Gasteiger partial charge is 0.508 e. The van der Waals surface area contributed by atoms with Crippen molar-refractivity contribution in [1.82, 2.24) is 26.6 Å². The first kappa shape index (κ1) is 45.9. The number of phenolic OH excluding ortho intramolecular Hbond substituents is 1. The van der Waals surface area contributed by atoms with E-state index in [-0.39, 0.29) is 24.5 Å². The van der Waals surface area contributed by atoms with Crippen molar-refractivity contribution in [2.24, 2.45) is 23.3 Å². The number of nitrogens with two attached hydrogens (primary N) is 2. The van der Waals surface area contributed by atoms with Gasteiger partial charge in [-0.15, -0.1) is 0 Å². The minimum Gasteiger partial charge on any atom is -0.508 e. The zero-order valence-electron chi connectivity index (χ0n) is 32.5. The standard InChI is InChI=1S/C38H59N7O10/c1-21(2)18-28-38(54)55-23(5)33(44-31(49)13-11-9-7-6-8-10-12-24-14-16-25(46)17-15-24)37(53)45-32(22(3)4)36(52)42-27(20-30(40)48)34(50)41-26(19-29(39)47)35(51)43-28/h14-17,21-23,26-28,32-33,46H,6-13,18-20H2,1-5H3,(H2,39,47)(H2,40,48)(H,41,50)(H,42,52)(H,43,51)(H,44,49)(H,45,53)/t23-,26+,27+,28+,32+,33+/m1/s1. The molecule has 0 spiro atoms. The number of amides is 7. The number of hydrogen-bond acceptors (Lipinski definition) is 10. The van der Waals surface area contributed by atoms with E-state index in [0.29, 0.717) is 6.42 Å². The van der Waals surface area contributed by atoms with Crippen LogP contribution in [0.3, 0.4) is 0 Å². The minimum atomic E-state index is -1.62. The Balaban J connectivity index is 2.27. The number of primary amides is 2. The summed E-state index contributed by atoms with van der Waals surface area (Å²) in [6.45, 7) is 8.17. The SMILES string of the molecule is CC(C)C[C@@H]1NC(=O)[C@H](CC(N)=O)NC(=O)[C@H](CC(N)=O)NC(=O)[C@H](C(C)C)NC(=O)[C@@H](NC(=O)CCCCCCCCc2ccc(O)cc2)[C@@H](C)OC1=O. The summed E-state index contributed by atoms with van der Waals surface area (Å²) in [4.78, 5) is 105. The lowest BCUT2D eigenvalue weighted by molar-refractivity contribution is -0.156. The second-order valence-corrected chi connectivity index (χ2v) is 14.9. The van der Waals surface area contributed by atoms with E-state index in [1.54, 1.807) is 39.8 Å². The quantitative estimate of drug-likeness (QED) is 0.0801. The van der Waals surface area contributed by atoms with Gasteiger partial charge in [0, 0.05) is 6.42 Å². The van der Waals surface area contributed by atoms with Crippen LogP contribution in [0.4, 0.5) is 0 Å². The van der Waals surface area contributed by atoms with Crippen molar-refractivity contribution in [3.05, 3.63) is 29.8 Å². The summed E-state index contributed by atoms with van der Waals surface area (Å²) >= 11 is 0. The lowest BCUT2D eigenvalue weighted by atomic mass is 10.00. The molecule has 1 aromatic carbocycles. The molecule has 0 saturated carbocycles. The molecule has 0 aromatic heterocycles. The van der Waals surface area contributed by atoms with Gasteiger partial charge in [0.05, 0.1) is 12.8 Å². The Morgan fingerprint density at radius 1 is 0.727 bits per heavy atom. The van der Waals surface area contributed by atoms with Gasteiger partial charge >= 0.3 is 5.97 Å². The Labute approximate surface area is 322 Å². The number of aromatic hydroxyl groups is 1. The molecule has 0 aliphatic carbocycles. The second-order valence-electron chi connectivity index (χ2n) is 14.9. The molecule has 1 fully saturated rings. The second kappa shape index (κ2) is 22.9. The minimum absolute atomic E-state index is 0.0599. The number of aryl methyl sites for hydroxylation is 1. The average Bonchev–Trinajstić information content (AvgIpc) is 3.09. The van der Waals surface area contributed by atoms with E-state index < -0.39 is 102 Å². The molecule has 10 N–H and O–H groups in total. The van der Waals surface area contributed by atoms with E-state index in [1.165, 1.54) is 6.92 Å². The van der Waals surface area contributed by atoms with Gasteiger partial charge in [-0.2, -0.15) is 0 Å². The highest BCUT2D eigenvalue weighted by molar-refractivity contribution is 5.99. The Bertz CT molecular complexity index is 1500. The Hall–Kier alpha value is -5.22. The van der Waals surface area contributed by atoms with Crippen molar-refractivity contribution in [2.75, 3.05) is 0 Å². The van der Waals surface area contributed by atoms with Crippen LogP contribution in [0.2, 0.25) is 0 Å². The predicted molar refractivity (Wildman–Crippen MR) is 201 cm³/mol. The third-order valence-electron chi connectivity index (χ3n) is 9.06. The number of hydrogen-bond donors (Lipinski definition) is 8. The van der Waals surface area contributed by atoms with E-state index >= 15 is 0 Å². The highest BCUT2D eigenvalue weighted by Crippen LogP contribution is 2.16. The molecule has 17 nitrogen and oxygen atoms in total. The van der Waals surface area contributed by atoms with Gasteiger partial charge in [-0.25, -0.2) is 4.79 Å². The lowest BCUT2D eigenvalue weighted by Gasteiger charge is -2.31. The zero-order chi connectivity index (χ0) is 41.2. The van der Waals surface area contributed by atoms with E-state index in [0.717, 1.165) is 44.1 Å². The highest BCUT2D eigenvalue weighted by Gasteiger charge is 2.38. The number of ether oxygens (including phenoxy) is 1. The molecule has 2 rings (SSSR count). The molecule has 17 heteroatoms. The van der Waals surface area contributed by atoms with Gasteiger partial charge < -0.3 is 47.9 Å². The van der Waals surface area contributed by atoms with Gasteiger partial charge in [-0.1, -0.05) is 65.5 Å². The van der Waals surface area contributed by atoms with Crippen molar-refractivity contribution in [3.63, 3.8) is 0 Å². The Morgan fingerprint density at radius 2 is 1.24 bits per heavy atom. The first-order valence-electron chi connectivity index (χ1n) is 18.9. The summed E-state index contributed by atoms with van der Waals surface area (Å²) in [7, 11) is 0. The van der Waals surface area contributed by atoms with Crippen LogP contribution in [0, 0.1) is 11.8 Å². The molecule has 1 aliphatic rings. The van der Waals surface area contributed by atoms with E-state index in [9.17, 15) is 43.5 Å². The number of nitrogens with one attached hydrogen (secondary N) is 5. The predicted octanol–water partition coefficient (Wildman–Crippen LogP) is 0.488. The average molecular weight is 774 g/mol. The first-order valence-corrected chi connectivity index (χ1v) is 18.9. The number of phenols is 1. The molecule has 1 aromatic rings. The molecule has 7 amide bonds. The molecule has 0 bridgehead atoms. The number of cyclic esters (lactones) is 1. The summed E-state index contributed by atoms with van der Waals surface area (Å²) in [6, 6.07) is -0.191. The Kier molecular flexibility index (Phi) is 19.1. The molecule has 6 atom stereocenters. The number of carbonyl (C=O) groups is 8. The maximum atomic E-state index is 13.8. The maximum absolute atomic E-state index is 13.8. The third-order valence-corrected chi connectivity index (χ3v) is 9.06. The van der Waals surface area contributed by atoms with Crippen LogP contribution in [0.5, 0.6) is 5.75 Å². The number of benzene rings is 1. The van der Waals surface area contributed by atoms with Crippen molar-refractivity contribution in [1.29, 1.82) is 0 Å². The monoisotopic (exact) mass is 773 g/mol. The summed E-state index contributed by atoms with van der Waals surface area (Å²) in [5, 5.41) is 21.8. The number of esters is 1. The van der Waals surface area contributed by atoms with Crippen molar-refractivity contribution in [2.45, 2.75) is 142 Å². The number of unbranched alkanes of at least 4 members (excludes halogenated alkanes) is 5. The summed E-state index contributed by atoms with van der Waals surface area (Å²) in [5.74, 6) is -7.67. The molecule has 1 heterocycles. The van der Waals surface area contributed by atoms with E-state index in [1.807, 2.05) is 12.1 Å². The molecule has 306 valence electrons. The molecule has 0 radical (unpaired) electrons. The molecule has 1 saturated heterocycles. The van der Waals surface area contributed by atoms with Crippen molar-refractivity contribution in [3.8, 4) is 5.75 Å². The van der Waals surface area contributed by atoms with Crippen LogP contribution in [-0.2, 0) is 49.5 Å². The fourth-order valence-corrected chi connectivity index (χ4v) is 6.05. The first-order chi connectivity index (χ1) is 25.9. The lowest BCUT2D eigenvalue weighted by Crippen LogP contribution is -2.62. The maximum Gasteiger partial charge on any atom is 0.328 e. The van der Waals surface area contributed by atoms with Gasteiger partial charge in [0.15, 0.2) is 0 Å². The fraction of sp³-hybridized carbons (Fsp3) is 0.632. The normalized spacial score (nSPS) is 22.9. The molecule has 55 heavy (non-hydrogen) atoms. The van der Waals surface area contributed by atoms with Gasteiger partial charge in [-0.05, 0) is 62.1 Å². The van der Waals surface area contributed by atoms with Crippen molar-refractivity contribution < 1.29 is 48.2 Å². The molecule has 0 unspecified atom stereocenters. The Morgan fingerprint density at radius 3 is 1.76 bits per heavy atom. The van der Waals surface area contributed by atoms with Crippen LogP contribution in [-0.4, -0.2) is 88.7 Å². The van der Waals surface area contributed by atoms with Crippen molar-refractivity contribution >= 4 is 47.3 Å². The van der Waals surface area contributed by atoms with Gasteiger partial charge in [0.2, 0.25) is 41.4 Å². The third kappa shape index (κ3) is 16.8. The van der Waals surface area contributed by atoms with Crippen LogP contribution in [0.25, 0.3) is 0 Å².